The Morgan fingerprint density at radius 3 is 2.39 bits per heavy atom. The van der Waals surface area contributed by atoms with Gasteiger partial charge in [-0.05, 0) is 42.7 Å². The van der Waals surface area contributed by atoms with E-state index in [1.807, 2.05) is 32.0 Å². The first-order chi connectivity index (χ1) is 13.7. The zero-order chi connectivity index (χ0) is 20.8. The van der Waals surface area contributed by atoms with Crippen molar-refractivity contribution in [2.45, 2.75) is 40.2 Å². The number of nitrogens with zero attached hydrogens (tertiary/aromatic N) is 2. The maximum atomic E-state index is 10.5. The van der Waals surface area contributed by atoms with Crippen LogP contribution in [0.3, 0.4) is 0 Å². The molecule has 5 heteroatoms. The van der Waals surface area contributed by atoms with Crippen molar-refractivity contribution in [1.82, 2.24) is 15.0 Å². The standard InChI is InChI=1S/C20H20N2O.C2H6.CH5NO/c1-2-22-19-12-10-17(9-6-14-23)15-18(19)21-20(22)13-11-16-7-4-3-5-8-16;1-2;1-2-3/h3-10,12,14-15H,2,11,13H2,1H3;1-2H3;2-3H,1H3/b9-6+;;. The third-order valence-corrected chi connectivity index (χ3v) is 4.01. The highest BCUT2D eigenvalue weighted by Crippen LogP contribution is 2.20. The number of imidazole rings is 1. The van der Waals surface area contributed by atoms with Gasteiger partial charge in [0.1, 0.15) is 12.1 Å². The molecule has 1 aromatic heterocycles. The molecule has 3 rings (SSSR count). The van der Waals surface area contributed by atoms with Gasteiger partial charge in [-0.15, -0.1) is 0 Å². The zero-order valence-corrected chi connectivity index (χ0v) is 17.2. The van der Waals surface area contributed by atoms with Crippen LogP contribution in [0.15, 0.2) is 54.6 Å². The fraction of sp³-hybridized carbons (Fsp3) is 0.304. The lowest BCUT2D eigenvalue weighted by atomic mass is 10.1. The number of nitrogens with one attached hydrogen (secondary N) is 1. The SMILES string of the molecule is CC.CCn1c(CCc2ccccc2)nc2cc(/C=C/C=O)ccc21.CNO. The van der Waals surface area contributed by atoms with Crippen molar-refractivity contribution in [3.05, 3.63) is 71.6 Å². The van der Waals surface area contributed by atoms with Crippen LogP contribution in [0.2, 0.25) is 0 Å². The van der Waals surface area contributed by atoms with Crippen LogP contribution in [-0.4, -0.2) is 28.1 Å². The van der Waals surface area contributed by atoms with E-state index in [-0.39, 0.29) is 0 Å². The van der Waals surface area contributed by atoms with Crippen molar-refractivity contribution < 1.29 is 10.0 Å². The van der Waals surface area contributed by atoms with Gasteiger partial charge >= 0.3 is 0 Å². The van der Waals surface area contributed by atoms with Crippen molar-refractivity contribution in [2.24, 2.45) is 0 Å². The molecule has 0 aliphatic carbocycles. The van der Waals surface area contributed by atoms with E-state index in [1.54, 1.807) is 11.6 Å². The van der Waals surface area contributed by atoms with Crippen LogP contribution in [0.5, 0.6) is 0 Å². The molecule has 0 aliphatic heterocycles. The number of aldehydes is 1. The lowest BCUT2D eigenvalue weighted by Crippen LogP contribution is -2.03. The Kier molecular flexibility index (Phi) is 11.2. The molecule has 0 aliphatic rings. The second kappa shape index (κ2) is 13.4. The molecule has 0 unspecified atom stereocenters. The summed E-state index contributed by atoms with van der Waals surface area (Å²) < 4.78 is 2.27. The summed E-state index contributed by atoms with van der Waals surface area (Å²) in [5.74, 6) is 1.11. The van der Waals surface area contributed by atoms with Gasteiger partial charge in [0.25, 0.3) is 0 Å². The van der Waals surface area contributed by atoms with E-state index in [9.17, 15) is 4.79 Å². The Balaban J connectivity index is 0.000000717. The predicted octanol–water partition coefficient (Wildman–Crippen LogP) is 4.67. The third kappa shape index (κ3) is 6.76. The molecule has 0 saturated heterocycles. The van der Waals surface area contributed by atoms with Crippen LogP contribution < -0.4 is 5.48 Å². The lowest BCUT2D eigenvalue weighted by Gasteiger charge is -2.06. The number of carbonyl (C=O) groups excluding carboxylic acids is 1. The van der Waals surface area contributed by atoms with E-state index in [2.05, 4.69) is 41.8 Å². The van der Waals surface area contributed by atoms with Crippen LogP contribution in [-0.2, 0) is 24.2 Å². The first-order valence-corrected chi connectivity index (χ1v) is 9.69. The summed E-state index contributed by atoms with van der Waals surface area (Å²) in [6.07, 6.45) is 6.02. The molecule has 150 valence electrons. The minimum absolute atomic E-state index is 0.792. The van der Waals surface area contributed by atoms with Gasteiger partial charge in [0, 0.05) is 20.0 Å². The van der Waals surface area contributed by atoms with Crippen LogP contribution in [0.4, 0.5) is 0 Å². The van der Waals surface area contributed by atoms with Crippen LogP contribution >= 0.6 is 0 Å². The summed E-state index contributed by atoms with van der Waals surface area (Å²) in [7, 11) is 1.43. The Bertz CT molecular complexity index is 855. The Hall–Kier alpha value is -2.76. The maximum absolute atomic E-state index is 10.5. The molecule has 0 spiro atoms. The van der Waals surface area contributed by atoms with Gasteiger partial charge in [0.05, 0.1) is 11.0 Å². The number of benzene rings is 2. The molecule has 0 atom stereocenters. The van der Waals surface area contributed by atoms with Crippen LogP contribution in [0.25, 0.3) is 17.1 Å². The first kappa shape index (κ1) is 23.3. The predicted molar refractivity (Wildman–Crippen MR) is 117 cm³/mol. The number of hydrogen-bond donors (Lipinski definition) is 2. The number of rotatable bonds is 6. The molecule has 0 bridgehead atoms. The number of hydrogen-bond acceptors (Lipinski definition) is 4. The molecule has 28 heavy (non-hydrogen) atoms. The number of allylic oxidation sites excluding steroid dienone is 1. The molecular formula is C23H31N3O2. The first-order valence-electron chi connectivity index (χ1n) is 9.69. The van der Waals surface area contributed by atoms with Crippen molar-refractivity contribution in [1.29, 1.82) is 0 Å². The second-order valence-electron chi connectivity index (χ2n) is 5.72. The third-order valence-electron chi connectivity index (χ3n) is 4.01. The minimum Gasteiger partial charge on any atom is -0.328 e. The lowest BCUT2D eigenvalue weighted by molar-refractivity contribution is -0.104. The highest BCUT2D eigenvalue weighted by Gasteiger charge is 2.09. The molecule has 5 nitrogen and oxygen atoms in total. The number of hydroxylamine groups is 1. The quantitative estimate of drug-likeness (QED) is 0.370. The largest absolute Gasteiger partial charge is 0.328 e. The van der Waals surface area contributed by atoms with Gasteiger partial charge in [-0.25, -0.2) is 10.5 Å². The number of aryl methyl sites for hydroxylation is 3. The summed E-state index contributed by atoms with van der Waals surface area (Å²) in [6, 6.07) is 16.6. The average molecular weight is 382 g/mol. The van der Waals surface area contributed by atoms with Crippen LogP contribution in [0.1, 0.15) is 37.7 Å². The smallest absolute Gasteiger partial charge is 0.142 e. The molecule has 0 saturated carbocycles. The van der Waals surface area contributed by atoms with Crippen molar-refractivity contribution in [3.8, 4) is 0 Å². The summed E-state index contributed by atoms with van der Waals surface area (Å²) in [5.41, 5.74) is 6.22. The zero-order valence-electron chi connectivity index (χ0n) is 17.2. The minimum atomic E-state index is 0.792. The van der Waals surface area contributed by atoms with Crippen LogP contribution in [0, 0.1) is 0 Å². The van der Waals surface area contributed by atoms with Crippen molar-refractivity contribution >= 4 is 23.4 Å². The summed E-state index contributed by atoms with van der Waals surface area (Å²) in [6.45, 7) is 7.05. The van der Waals surface area contributed by atoms with Crippen molar-refractivity contribution in [3.63, 3.8) is 0 Å². The Morgan fingerprint density at radius 1 is 1.11 bits per heavy atom. The molecule has 1 heterocycles. The van der Waals surface area contributed by atoms with Gasteiger partial charge in [0.2, 0.25) is 0 Å². The normalized spacial score (nSPS) is 10.2. The van der Waals surface area contributed by atoms with E-state index in [0.29, 0.717) is 0 Å². The summed E-state index contributed by atoms with van der Waals surface area (Å²) >= 11 is 0. The van der Waals surface area contributed by atoms with Gasteiger partial charge in [0.15, 0.2) is 0 Å². The van der Waals surface area contributed by atoms with E-state index >= 15 is 0 Å². The van der Waals surface area contributed by atoms with Gasteiger partial charge in [-0.1, -0.05) is 56.3 Å². The van der Waals surface area contributed by atoms with E-state index < -0.39 is 0 Å². The van der Waals surface area contributed by atoms with Crippen molar-refractivity contribution in [2.75, 3.05) is 7.05 Å². The maximum Gasteiger partial charge on any atom is 0.142 e. The Labute approximate surface area is 167 Å². The Morgan fingerprint density at radius 2 is 1.79 bits per heavy atom. The topological polar surface area (TPSA) is 67.2 Å². The molecule has 0 radical (unpaired) electrons. The molecule has 2 N–H and O–H groups in total. The molecule has 2 aromatic carbocycles. The number of carbonyl (C=O) groups is 1. The molecule has 0 fully saturated rings. The summed E-state index contributed by atoms with van der Waals surface area (Å²) in [5, 5.41) is 7.32. The van der Waals surface area contributed by atoms with Gasteiger partial charge in [-0.3, -0.25) is 4.79 Å². The second-order valence-corrected chi connectivity index (χ2v) is 5.72. The monoisotopic (exact) mass is 381 g/mol. The molecule has 3 aromatic rings. The molecular weight excluding hydrogens is 350 g/mol. The highest BCUT2D eigenvalue weighted by molar-refractivity contribution is 5.81. The number of fused-ring (bicyclic) bond motifs is 1. The fourth-order valence-corrected chi connectivity index (χ4v) is 2.90. The fourth-order valence-electron chi connectivity index (χ4n) is 2.90. The van der Waals surface area contributed by atoms with Gasteiger partial charge in [-0.2, -0.15) is 0 Å². The van der Waals surface area contributed by atoms with Gasteiger partial charge < -0.3 is 9.77 Å². The molecule has 0 amide bonds. The van der Waals surface area contributed by atoms with E-state index in [4.69, 9.17) is 10.2 Å². The highest BCUT2D eigenvalue weighted by atomic mass is 16.5. The van der Waals surface area contributed by atoms with E-state index in [0.717, 1.165) is 48.1 Å². The number of aromatic nitrogens is 2. The average Bonchev–Trinajstić information content (AvgIpc) is 3.10. The van der Waals surface area contributed by atoms with E-state index in [1.165, 1.54) is 18.7 Å². The summed E-state index contributed by atoms with van der Waals surface area (Å²) in [4.78, 5) is 15.3.